The van der Waals surface area contributed by atoms with Gasteiger partial charge in [0.2, 0.25) is 0 Å². The van der Waals surface area contributed by atoms with Crippen LogP contribution >= 0.6 is 0 Å². The molecule has 0 N–H and O–H groups in total. The van der Waals surface area contributed by atoms with Gasteiger partial charge in [-0.2, -0.15) is 5.10 Å². The number of thiol groups is 1. The predicted molar refractivity (Wildman–Crippen MR) is 121 cm³/mol. The van der Waals surface area contributed by atoms with E-state index in [-0.39, 0.29) is 17.3 Å². The minimum Gasteiger partial charge on any atom is -0.497 e. The summed E-state index contributed by atoms with van der Waals surface area (Å²) in [5.41, 5.74) is 3.02. The summed E-state index contributed by atoms with van der Waals surface area (Å²) in [4.78, 5) is 19.2. The summed E-state index contributed by atoms with van der Waals surface area (Å²) in [6.45, 7) is 0.441. The average Bonchev–Trinajstić information content (AvgIpc) is 3.23. The highest BCUT2D eigenvalue weighted by Crippen LogP contribution is 2.32. The molecule has 0 bridgehead atoms. The van der Waals surface area contributed by atoms with Gasteiger partial charge < -0.3 is 4.74 Å². The van der Waals surface area contributed by atoms with E-state index in [4.69, 9.17) is 4.74 Å². The van der Waals surface area contributed by atoms with Crippen molar-refractivity contribution in [3.8, 4) is 28.3 Å². The van der Waals surface area contributed by atoms with E-state index in [1.165, 1.54) is 18.3 Å². The van der Waals surface area contributed by atoms with Gasteiger partial charge in [-0.1, -0.05) is 24.3 Å². The van der Waals surface area contributed by atoms with Gasteiger partial charge in [0.25, 0.3) is 5.69 Å². The lowest BCUT2D eigenvalue weighted by molar-refractivity contribution is -0.384. The molecule has 11 heteroatoms. The van der Waals surface area contributed by atoms with Crippen LogP contribution in [0.25, 0.3) is 22.5 Å². The van der Waals surface area contributed by atoms with Crippen molar-refractivity contribution in [1.29, 1.82) is 0 Å². The molecule has 0 amide bonds. The number of nitro benzene ring substituents is 1. The minimum absolute atomic E-state index is 0.0603. The second-order valence-electron chi connectivity index (χ2n) is 7.09. The zero-order valence-electron chi connectivity index (χ0n) is 17.5. The van der Waals surface area contributed by atoms with Crippen molar-refractivity contribution in [3.05, 3.63) is 88.5 Å². The van der Waals surface area contributed by atoms with E-state index in [2.05, 4.69) is 15.1 Å². The predicted octanol–water partition coefficient (Wildman–Crippen LogP) is 3.08. The van der Waals surface area contributed by atoms with Gasteiger partial charge in [0.05, 0.1) is 24.3 Å². The Bertz CT molecular complexity index is 1370. The number of hydrogen-bond donors (Lipinski definition) is 1. The van der Waals surface area contributed by atoms with Crippen LogP contribution in [-0.4, -0.2) is 40.2 Å². The third kappa shape index (κ3) is 5.21. The molecule has 33 heavy (non-hydrogen) atoms. The summed E-state index contributed by atoms with van der Waals surface area (Å²) in [5.74, 6) is 0.619. The molecule has 0 fully saturated rings. The summed E-state index contributed by atoms with van der Waals surface area (Å²) in [6.07, 6.45) is 3.26. The fourth-order valence-electron chi connectivity index (χ4n) is 3.33. The topological polar surface area (TPSA) is 130 Å². The Kier molecular flexibility index (Phi) is 6.41. The molecular formula is C22H19N5O5S. The van der Waals surface area contributed by atoms with Crippen molar-refractivity contribution in [1.82, 2.24) is 19.7 Å². The fraction of sp³-hybridized carbons (Fsp3) is 0.136. The van der Waals surface area contributed by atoms with E-state index in [1.807, 2.05) is 24.3 Å². The van der Waals surface area contributed by atoms with Gasteiger partial charge in [0.15, 0.2) is 0 Å². The van der Waals surface area contributed by atoms with Gasteiger partial charge in [-0.05, 0) is 23.8 Å². The first kappa shape index (κ1) is 22.1. The van der Waals surface area contributed by atoms with Gasteiger partial charge in [-0.3, -0.25) is 14.8 Å². The van der Waals surface area contributed by atoms with Crippen molar-refractivity contribution in [2.75, 3.05) is 7.11 Å². The molecule has 2 heterocycles. The molecule has 0 atom stereocenters. The maximum Gasteiger partial charge on any atom is 0.270 e. The zero-order chi connectivity index (χ0) is 23.4. The van der Waals surface area contributed by atoms with E-state index in [9.17, 15) is 18.5 Å². The van der Waals surface area contributed by atoms with Crippen molar-refractivity contribution in [3.63, 3.8) is 0 Å². The largest absolute Gasteiger partial charge is 0.497 e. The van der Waals surface area contributed by atoms with Crippen LogP contribution in [-0.2, 0) is 23.0 Å². The third-order valence-corrected chi connectivity index (χ3v) is 5.39. The summed E-state index contributed by atoms with van der Waals surface area (Å²) in [5, 5.41) is 15.9. The van der Waals surface area contributed by atoms with Crippen LogP contribution in [0.1, 0.15) is 11.4 Å². The molecule has 0 aliphatic carbocycles. The van der Waals surface area contributed by atoms with Gasteiger partial charge in [-0.25, -0.2) is 18.4 Å². The summed E-state index contributed by atoms with van der Waals surface area (Å²) in [7, 11) is -1.09. The summed E-state index contributed by atoms with van der Waals surface area (Å²) >= 11 is 0. The minimum atomic E-state index is -2.68. The van der Waals surface area contributed by atoms with Crippen molar-refractivity contribution < 1.29 is 18.1 Å². The Labute approximate surface area is 190 Å². The Balaban J connectivity index is 1.79. The highest BCUT2D eigenvalue weighted by atomic mass is 32.2. The van der Waals surface area contributed by atoms with Crippen LogP contribution in [0.4, 0.5) is 5.69 Å². The maximum absolute atomic E-state index is 11.3. The van der Waals surface area contributed by atoms with Crippen LogP contribution in [0.5, 0.6) is 5.75 Å². The molecule has 0 aliphatic heterocycles. The molecule has 168 valence electrons. The molecule has 0 aliphatic rings. The average molecular weight is 465 g/mol. The molecule has 0 spiro atoms. The number of non-ortho nitro benzene ring substituents is 1. The normalized spacial score (nSPS) is 11.0. The van der Waals surface area contributed by atoms with E-state index in [0.29, 0.717) is 29.1 Å². The molecule has 0 radical (unpaired) electrons. The number of hydrogen-bond acceptors (Lipinski definition) is 8. The quantitative estimate of drug-likeness (QED) is 0.239. The zero-order valence-corrected chi connectivity index (χ0v) is 18.4. The summed E-state index contributed by atoms with van der Waals surface area (Å²) in [6, 6.07) is 15.4. The molecule has 10 nitrogen and oxygen atoms in total. The highest BCUT2D eigenvalue weighted by molar-refractivity contribution is 7.71. The summed E-state index contributed by atoms with van der Waals surface area (Å²) < 4.78 is 29.2. The molecule has 0 saturated carbocycles. The molecule has 4 rings (SSSR count). The number of rotatable bonds is 8. The van der Waals surface area contributed by atoms with Crippen molar-refractivity contribution in [2.24, 2.45) is 0 Å². The lowest BCUT2D eigenvalue weighted by Gasteiger charge is -2.04. The number of ether oxygens (including phenoxy) is 1. The number of nitrogens with zero attached hydrogens (tertiary/aromatic N) is 5. The molecule has 4 aromatic rings. The van der Waals surface area contributed by atoms with E-state index in [0.717, 1.165) is 11.3 Å². The van der Waals surface area contributed by atoms with Crippen LogP contribution in [0, 0.1) is 10.1 Å². The van der Waals surface area contributed by atoms with Gasteiger partial charge in [-0.15, -0.1) is 0 Å². The van der Waals surface area contributed by atoms with Gasteiger partial charge >= 0.3 is 0 Å². The smallest absolute Gasteiger partial charge is 0.270 e. The van der Waals surface area contributed by atoms with Crippen LogP contribution < -0.4 is 4.74 Å². The third-order valence-electron chi connectivity index (χ3n) is 4.85. The van der Waals surface area contributed by atoms with E-state index in [1.54, 1.807) is 36.2 Å². The van der Waals surface area contributed by atoms with Crippen molar-refractivity contribution in [2.45, 2.75) is 12.3 Å². The first-order valence-corrected chi connectivity index (χ1v) is 11.2. The van der Waals surface area contributed by atoms with Crippen LogP contribution in [0.15, 0.2) is 67.0 Å². The SMILES string of the molecule is COc1ccc(Cn2cc(-c3ccnc(C[SH](=O)=O)n3)c(-c3cccc([N+](=O)[O-])c3)n2)cc1. The monoisotopic (exact) mass is 465 g/mol. The maximum atomic E-state index is 11.3. The van der Waals surface area contributed by atoms with Gasteiger partial charge in [0, 0.05) is 35.7 Å². The number of methoxy groups -OCH3 is 1. The van der Waals surface area contributed by atoms with Crippen LogP contribution in [0.3, 0.4) is 0 Å². The Morgan fingerprint density at radius 3 is 2.61 bits per heavy atom. The Hall–Kier alpha value is -4.12. The molecule has 0 saturated heterocycles. The molecular weight excluding hydrogens is 446 g/mol. The second kappa shape index (κ2) is 9.57. The second-order valence-corrected chi connectivity index (χ2v) is 8.08. The lowest BCUT2D eigenvalue weighted by atomic mass is 10.1. The van der Waals surface area contributed by atoms with Crippen LogP contribution in [0.2, 0.25) is 0 Å². The van der Waals surface area contributed by atoms with E-state index < -0.39 is 15.6 Å². The van der Waals surface area contributed by atoms with Crippen molar-refractivity contribution >= 4 is 16.4 Å². The Morgan fingerprint density at radius 2 is 1.91 bits per heavy atom. The fourth-order valence-corrected chi connectivity index (χ4v) is 3.71. The Morgan fingerprint density at radius 1 is 1.12 bits per heavy atom. The number of benzene rings is 2. The molecule has 2 aromatic heterocycles. The van der Waals surface area contributed by atoms with E-state index >= 15 is 0 Å². The lowest BCUT2D eigenvalue weighted by Crippen LogP contribution is -2.00. The number of nitro groups is 1. The first-order valence-electron chi connectivity index (χ1n) is 9.82. The molecule has 0 unspecified atom stereocenters. The first-order chi connectivity index (χ1) is 15.9. The number of aromatic nitrogens is 4. The molecule has 2 aromatic carbocycles. The highest BCUT2D eigenvalue weighted by Gasteiger charge is 2.18. The standard InChI is InChI=1S/C22H19N5O5S/c1-32-18-7-5-15(6-8-18)12-26-13-19(20-9-10-23-21(24-20)14-33(30)31)22(25-26)16-3-2-4-17(11-16)27(28)29/h2-11,13,33H,12,14H2,1H3. The van der Waals surface area contributed by atoms with Gasteiger partial charge in [0.1, 0.15) is 33.7 Å².